The van der Waals surface area contributed by atoms with Crippen molar-refractivity contribution in [2.75, 3.05) is 5.32 Å². The van der Waals surface area contributed by atoms with Crippen molar-refractivity contribution in [3.05, 3.63) is 64.1 Å². The van der Waals surface area contributed by atoms with E-state index in [1.165, 1.54) is 17.4 Å². The molecule has 3 heterocycles. The van der Waals surface area contributed by atoms with Crippen molar-refractivity contribution in [3.8, 4) is 23.0 Å². The Morgan fingerprint density at radius 2 is 1.82 bits per heavy atom. The van der Waals surface area contributed by atoms with Crippen LogP contribution in [-0.4, -0.2) is 37.3 Å². The summed E-state index contributed by atoms with van der Waals surface area (Å²) in [4.78, 5) is 26.0. The normalized spacial score (nSPS) is 11.1. The molecule has 34 heavy (non-hydrogen) atoms. The lowest BCUT2D eigenvalue weighted by atomic mass is 10.1. The monoisotopic (exact) mass is 484 g/mol. The maximum atomic E-state index is 12.8. The molecular weight excluding hydrogens is 462 g/mol. The first-order valence-electron chi connectivity index (χ1n) is 10.4. The van der Waals surface area contributed by atoms with Crippen molar-refractivity contribution in [2.45, 2.75) is 40.7 Å². The van der Waals surface area contributed by atoms with Crippen LogP contribution in [0.4, 0.5) is 13.9 Å². The van der Waals surface area contributed by atoms with Gasteiger partial charge in [0.1, 0.15) is 5.75 Å². The van der Waals surface area contributed by atoms with Gasteiger partial charge in [-0.05, 0) is 45.9 Å². The lowest BCUT2D eigenvalue weighted by Crippen LogP contribution is -2.15. The van der Waals surface area contributed by atoms with Gasteiger partial charge in [0.2, 0.25) is 5.91 Å². The zero-order chi connectivity index (χ0) is 24.4. The molecule has 0 spiro atoms. The van der Waals surface area contributed by atoms with Crippen LogP contribution in [-0.2, 0) is 11.2 Å². The average Bonchev–Trinajstić information content (AvgIpc) is 3.33. The van der Waals surface area contributed by atoms with E-state index in [0.29, 0.717) is 28.0 Å². The van der Waals surface area contributed by atoms with Gasteiger partial charge in [-0.1, -0.05) is 12.1 Å². The highest BCUT2D eigenvalue weighted by molar-refractivity contribution is 7.14. The number of alkyl halides is 2. The summed E-state index contributed by atoms with van der Waals surface area (Å²) in [5.74, 6) is 0.206. The quantitative estimate of drug-likeness (QED) is 0.405. The maximum Gasteiger partial charge on any atom is 0.387 e. The average molecular weight is 485 g/mol. The second-order valence-corrected chi connectivity index (χ2v) is 8.51. The van der Waals surface area contributed by atoms with E-state index in [9.17, 15) is 13.6 Å². The predicted octanol–water partition coefficient (Wildman–Crippen LogP) is 4.80. The van der Waals surface area contributed by atoms with Gasteiger partial charge in [0.15, 0.2) is 5.13 Å². The maximum absolute atomic E-state index is 12.8. The number of nitrogens with zero attached hydrogens (tertiary/aromatic N) is 5. The Balaban J connectivity index is 1.51. The Hall–Kier alpha value is -3.73. The number of carbonyl (C=O) groups excluding carboxylic acids is 1. The zero-order valence-corrected chi connectivity index (χ0v) is 19.8. The molecule has 0 aliphatic carbocycles. The number of ether oxygens (including phenoxy) is 1. The van der Waals surface area contributed by atoms with E-state index in [2.05, 4.69) is 30.1 Å². The van der Waals surface area contributed by atoms with Gasteiger partial charge in [-0.3, -0.25) is 4.79 Å². The molecule has 0 atom stereocenters. The molecule has 4 rings (SSSR count). The number of amides is 1. The van der Waals surface area contributed by atoms with Gasteiger partial charge in [0.05, 0.1) is 17.8 Å². The smallest absolute Gasteiger partial charge is 0.387 e. The van der Waals surface area contributed by atoms with Crippen LogP contribution in [0, 0.1) is 27.7 Å². The number of rotatable bonds is 7. The van der Waals surface area contributed by atoms with Crippen molar-refractivity contribution < 1.29 is 18.3 Å². The van der Waals surface area contributed by atoms with Crippen LogP contribution >= 0.6 is 11.3 Å². The summed E-state index contributed by atoms with van der Waals surface area (Å²) in [6.07, 6.45) is 0.0858. The van der Waals surface area contributed by atoms with E-state index >= 15 is 0 Å². The molecule has 1 aromatic carbocycles. The highest BCUT2D eigenvalue weighted by atomic mass is 32.1. The summed E-state index contributed by atoms with van der Waals surface area (Å²) in [7, 11) is 0. The second-order valence-electron chi connectivity index (χ2n) is 7.65. The largest absolute Gasteiger partial charge is 0.434 e. The van der Waals surface area contributed by atoms with E-state index < -0.39 is 6.61 Å². The summed E-state index contributed by atoms with van der Waals surface area (Å²) >= 11 is 1.20. The third-order valence-corrected chi connectivity index (χ3v) is 5.83. The summed E-state index contributed by atoms with van der Waals surface area (Å²) in [5.41, 5.74) is 4.75. The molecule has 1 amide bonds. The van der Waals surface area contributed by atoms with Gasteiger partial charge in [0, 0.05) is 33.6 Å². The molecule has 1 N–H and O–H groups in total. The van der Waals surface area contributed by atoms with Crippen molar-refractivity contribution >= 4 is 22.4 Å². The van der Waals surface area contributed by atoms with Crippen LogP contribution in [0.25, 0.3) is 17.2 Å². The van der Waals surface area contributed by atoms with E-state index in [1.54, 1.807) is 28.3 Å². The number of nitrogens with one attached hydrogen (secondary N) is 1. The summed E-state index contributed by atoms with van der Waals surface area (Å²) in [6, 6.07) is 8.26. The highest BCUT2D eigenvalue weighted by Crippen LogP contribution is 2.33. The molecule has 0 aliphatic heterocycles. The molecule has 0 unspecified atom stereocenters. The summed E-state index contributed by atoms with van der Waals surface area (Å²) in [5, 5.41) is 9.33. The number of thiazole rings is 1. The van der Waals surface area contributed by atoms with Crippen molar-refractivity contribution in [1.29, 1.82) is 0 Å². The van der Waals surface area contributed by atoms with E-state index in [4.69, 9.17) is 0 Å². The number of aromatic nitrogens is 5. The van der Waals surface area contributed by atoms with Crippen LogP contribution in [0.2, 0.25) is 0 Å². The number of aryl methyl sites for hydroxylation is 3. The fraction of sp³-hybridized carbons (Fsp3) is 0.261. The third kappa shape index (κ3) is 5.09. The topological polar surface area (TPSA) is 94.8 Å². The molecule has 176 valence electrons. The van der Waals surface area contributed by atoms with Crippen LogP contribution in [0.3, 0.4) is 0 Å². The number of hydrogen-bond donors (Lipinski definition) is 1. The van der Waals surface area contributed by atoms with E-state index in [-0.39, 0.29) is 18.1 Å². The van der Waals surface area contributed by atoms with Gasteiger partial charge in [0.25, 0.3) is 5.95 Å². The Morgan fingerprint density at radius 1 is 1.12 bits per heavy atom. The molecule has 0 fully saturated rings. The number of hydrogen-bond acceptors (Lipinski definition) is 7. The lowest BCUT2D eigenvalue weighted by Gasteiger charge is -2.08. The molecule has 0 saturated heterocycles. The third-order valence-electron chi connectivity index (χ3n) is 5.07. The van der Waals surface area contributed by atoms with Gasteiger partial charge in [-0.25, -0.2) is 19.6 Å². The number of benzene rings is 1. The van der Waals surface area contributed by atoms with E-state index in [0.717, 1.165) is 22.6 Å². The summed E-state index contributed by atoms with van der Waals surface area (Å²) in [6.45, 7) is 4.53. The predicted molar refractivity (Wildman–Crippen MR) is 125 cm³/mol. The first-order valence-corrected chi connectivity index (χ1v) is 11.3. The molecule has 0 saturated carbocycles. The number of carbonyl (C=O) groups is 1. The molecular formula is C23H22F2N6O2S. The second kappa shape index (κ2) is 9.64. The van der Waals surface area contributed by atoms with Crippen LogP contribution < -0.4 is 10.1 Å². The molecule has 11 heteroatoms. The lowest BCUT2D eigenvalue weighted by molar-refractivity contribution is -0.115. The first-order chi connectivity index (χ1) is 16.2. The number of anilines is 1. The van der Waals surface area contributed by atoms with Gasteiger partial charge < -0.3 is 10.1 Å². The van der Waals surface area contributed by atoms with Crippen molar-refractivity contribution in [2.24, 2.45) is 0 Å². The van der Waals surface area contributed by atoms with Crippen molar-refractivity contribution in [3.63, 3.8) is 0 Å². The molecule has 0 radical (unpaired) electrons. The summed E-state index contributed by atoms with van der Waals surface area (Å²) < 4.78 is 31.6. The molecule has 8 nitrogen and oxygen atoms in total. The SMILES string of the molecule is Cc1cc(C)nc(-n2nc(C)c(CC(=O)Nc3nc(-c4ccccc4OC(F)F)cs3)c2C)n1. The van der Waals surface area contributed by atoms with Gasteiger partial charge in [-0.15, -0.1) is 11.3 Å². The molecule has 0 bridgehead atoms. The number of para-hydroxylation sites is 1. The van der Waals surface area contributed by atoms with Gasteiger partial charge >= 0.3 is 6.61 Å². The fourth-order valence-corrected chi connectivity index (χ4v) is 4.31. The zero-order valence-electron chi connectivity index (χ0n) is 19.0. The Morgan fingerprint density at radius 3 is 2.53 bits per heavy atom. The van der Waals surface area contributed by atoms with Crippen LogP contribution in [0.15, 0.2) is 35.7 Å². The molecule has 3 aromatic heterocycles. The number of halogens is 2. The highest BCUT2D eigenvalue weighted by Gasteiger charge is 2.19. The minimum atomic E-state index is -2.94. The molecule has 0 aliphatic rings. The van der Waals surface area contributed by atoms with E-state index in [1.807, 2.05) is 33.8 Å². The van der Waals surface area contributed by atoms with Crippen molar-refractivity contribution in [1.82, 2.24) is 24.7 Å². The minimum Gasteiger partial charge on any atom is -0.434 e. The Bertz CT molecular complexity index is 1330. The molecule has 4 aromatic rings. The standard InChI is InChI=1S/C23H22F2N6O2S/c1-12-9-13(2)27-22(26-12)31-15(4)17(14(3)30-31)10-20(32)29-23-28-18(11-34-23)16-7-5-6-8-19(16)33-21(24)25/h5-9,11,21H,10H2,1-4H3,(H,28,29,32). The van der Waals surface area contributed by atoms with Crippen LogP contribution in [0.1, 0.15) is 28.3 Å². The van der Waals surface area contributed by atoms with Gasteiger partial charge in [-0.2, -0.15) is 13.9 Å². The Labute approximate surface area is 198 Å². The minimum absolute atomic E-state index is 0.0212. The first kappa shape index (κ1) is 23.4. The van der Waals surface area contributed by atoms with Crippen LogP contribution in [0.5, 0.6) is 5.75 Å². The Kier molecular flexibility index (Phi) is 6.64. The fourth-order valence-electron chi connectivity index (χ4n) is 3.58.